The van der Waals surface area contributed by atoms with Crippen LogP contribution in [0.2, 0.25) is 0 Å². The van der Waals surface area contributed by atoms with Crippen molar-refractivity contribution in [1.29, 1.82) is 0 Å². The summed E-state index contributed by atoms with van der Waals surface area (Å²) in [6, 6.07) is 17.0. The largest absolute Gasteiger partial charge is 0.381 e. The van der Waals surface area contributed by atoms with Gasteiger partial charge in [0.2, 0.25) is 11.8 Å². The highest BCUT2D eigenvalue weighted by molar-refractivity contribution is 7.92. The molecule has 4 unspecified atom stereocenters. The summed E-state index contributed by atoms with van der Waals surface area (Å²) in [5.41, 5.74) is 3.30. The zero-order valence-corrected chi connectivity index (χ0v) is 21.7. The Balaban J connectivity index is 1.18. The Labute approximate surface area is 221 Å². The summed E-state index contributed by atoms with van der Waals surface area (Å²) in [4.78, 5) is 25.0. The number of aromatic nitrogens is 3. The van der Waals surface area contributed by atoms with Crippen molar-refractivity contribution in [3.63, 3.8) is 0 Å². The van der Waals surface area contributed by atoms with Crippen LogP contribution in [-0.4, -0.2) is 58.3 Å². The molecule has 2 saturated carbocycles. The predicted molar refractivity (Wildman–Crippen MR) is 142 cm³/mol. The molecule has 2 aromatic carbocycles. The van der Waals surface area contributed by atoms with E-state index in [9.17, 15) is 18.0 Å². The standard InChI is InChI=1S/C27H30N6O4S/c34-25-17-38(36,37)16-23(29-25)26(35)30-27-10-9-19(13-27)11-24(27)33-15-22(31-32-33)20-7-4-8-21(12-20)28-14-18-5-2-1-3-6-18/h1-8,12,15,19,23-24,28H,9-11,13-14,16-17H2,(H,29,34)(H,30,35). The number of benzene rings is 2. The van der Waals surface area contributed by atoms with Crippen molar-refractivity contribution in [2.24, 2.45) is 5.92 Å². The number of fused-ring (bicyclic) bond motifs is 2. The summed E-state index contributed by atoms with van der Waals surface area (Å²) in [5.74, 6) is -1.59. The average molecular weight is 535 g/mol. The smallest absolute Gasteiger partial charge is 0.244 e. The van der Waals surface area contributed by atoms with Crippen LogP contribution >= 0.6 is 0 Å². The van der Waals surface area contributed by atoms with Crippen molar-refractivity contribution in [2.75, 3.05) is 16.8 Å². The number of carbonyl (C=O) groups is 2. The zero-order chi connectivity index (χ0) is 26.3. The van der Waals surface area contributed by atoms with E-state index < -0.39 is 39.0 Å². The minimum absolute atomic E-state index is 0.0956. The van der Waals surface area contributed by atoms with Crippen LogP contribution in [0.1, 0.15) is 37.3 Å². The van der Waals surface area contributed by atoms with Crippen molar-refractivity contribution >= 4 is 27.3 Å². The number of nitrogens with one attached hydrogen (secondary N) is 3. The van der Waals surface area contributed by atoms with Crippen molar-refractivity contribution < 1.29 is 18.0 Å². The molecule has 0 radical (unpaired) electrons. The van der Waals surface area contributed by atoms with Gasteiger partial charge in [0.15, 0.2) is 9.84 Å². The number of nitrogens with zero attached hydrogens (tertiary/aromatic N) is 3. The molecule has 2 bridgehead atoms. The van der Waals surface area contributed by atoms with Crippen LogP contribution in [0, 0.1) is 5.92 Å². The fraction of sp³-hybridized carbons (Fsp3) is 0.407. The molecule has 38 heavy (non-hydrogen) atoms. The molecule has 2 heterocycles. The van der Waals surface area contributed by atoms with E-state index in [0.29, 0.717) is 12.5 Å². The first-order chi connectivity index (χ1) is 18.3. The Bertz CT molecular complexity index is 1470. The van der Waals surface area contributed by atoms with E-state index in [1.54, 1.807) is 0 Å². The highest BCUT2D eigenvalue weighted by Gasteiger charge is 2.55. The highest BCUT2D eigenvalue weighted by atomic mass is 32.2. The summed E-state index contributed by atoms with van der Waals surface area (Å²) >= 11 is 0. The maximum Gasteiger partial charge on any atom is 0.244 e. The molecule has 2 aliphatic carbocycles. The molecule has 3 aliphatic rings. The van der Waals surface area contributed by atoms with E-state index in [2.05, 4.69) is 38.4 Å². The third-order valence-electron chi connectivity index (χ3n) is 7.97. The van der Waals surface area contributed by atoms with Gasteiger partial charge in [-0.1, -0.05) is 47.7 Å². The van der Waals surface area contributed by atoms with E-state index in [1.165, 1.54) is 5.56 Å². The summed E-state index contributed by atoms with van der Waals surface area (Å²) < 4.78 is 26.0. The third-order valence-corrected chi connectivity index (χ3v) is 9.51. The third kappa shape index (κ3) is 4.90. The summed E-state index contributed by atoms with van der Waals surface area (Å²) in [7, 11) is -3.60. The Hall–Kier alpha value is -3.73. The molecule has 1 aromatic heterocycles. The molecule has 6 rings (SSSR count). The van der Waals surface area contributed by atoms with E-state index in [0.717, 1.165) is 42.6 Å². The van der Waals surface area contributed by atoms with Gasteiger partial charge < -0.3 is 16.0 Å². The lowest BCUT2D eigenvalue weighted by Gasteiger charge is -2.37. The molecule has 3 aromatic rings. The van der Waals surface area contributed by atoms with Gasteiger partial charge in [-0.15, -0.1) is 5.10 Å². The zero-order valence-electron chi connectivity index (χ0n) is 20.8. The van der Waals surface area contributed by atoms with Gasteiger partial charge in [0.25, 0.3) is 0 Å². The fourth-order valence-electron chi connectivity index (χ4n) is 6.20. The van der Waals surface area contributed by atoms with E-state index in [4.69, 9.17) is 0 Å². The Morgan fingerprint density at radius 1 is 1.16 bits per heavy atom. The molecule has 198 valence electrons. The number of amides is 2. The van der Waals surface area contributed by atoms with Gasteiger partial charge >= 0.3 is 0 Å². The molecule has 2 amide bonds. The first kappa shape index (κ1) is 24.6. The van der Waals surface area contributed by atoms with E-state index in [1.807, 2.05) is 53.3 Å². The lowest BCUT2D eigenvalue weighted by Crippen LogP contribution is -2.61. The lowest BCUT2D eigenvalue weighted by molar-refractivity contribution is -0.129. The maximum absolute atomic E-state index is 13.1. The fourth-order valence-corrected chi connectivity index (χ4v) is 7.54. The van der Waals surface area contributed by atoms with Crippen molar-refractivity contribution in [2.45, 2.75) is 49.9 Å². The van der Waals surface area contributed by atoms with Crippen LogP contribution in [0.5, 0.6) is 0 Å². The molecule has 0 spiro atoms. The number of hydrogen-bond acceptors (Lipinski definition) is 7. The molecule has 1 aliphatic heterocycles. The Morgan fingerprint density at radius 2 is 2.00 bits per heavy atom. The van der Waals surface area contributed by atoms with Gasteiger partial charge in [0.05, 0.1) is 23.5 Å². The van der Waals surface area contributed by atoms with Crippen molar-refractivity contribution in [3.8, 4) is 11.3 Å². The number of carbonyl (C=O) groups excluding carboxylic acids is 2. The number of hydrogen-bond donors (Lipinski definition) is 3. The molecule has 4 atom stereocenters. The first-order valence-electron chi connectivity index (χ1n) is 12.9. The molecule has 3 N–H and O–H groups in total. The van der Waals surface area contributed by atoms with Crippen LogP contribution in [0.3, 0.4) is 0 Å². The lowest BCUT2D eigenvalue weighted by atomic mass is 9.88. The molecular weight excluding hydrogens is 504 g/mol. The predicted octanol–water partition coefficient (Wildman–Crippen LogP) is 2.07. The molecule has 1 saturated heterocycles. The molecular formula is C27H30N6O4S. The topological polar surface area (TPSA) is 135 Å². The highest BCUT2D eigenvalue weighted by Crippen LogP contribution is 2.53. The van der Waals surface area contributed by atoms with E-state index in [-0.39, 0.29) is 11.8 Å². The summed E-state index contributed by atoms with van der Waals surface area (Å²) in [6.45, 7) is 0.714. The van der Waals surface area contributed by atoms with Crippen LogP contribution in [0.15, 0.2) is 60.8 Å². The normalized spacial score (nSPS) is 27.6. The van der Waals surface area contributed by atoms with Gasteiger partial charge in [-0.2, -0.15) is 0 Å². The van der Waals surface area contributed by atoms with Crippen LogP contribution < -0.4 is 16.0 Å². The maximum atomic E-state index is 13.1. The SMILES string of the molecule is O=C1CS(=O)(=O)CC(C(=O)NC23CCC(CC2n2cc(-c4cccc(NCc5ccccc5)c4)nn2)C3)N1. The second-order valence-electron chi connectivity index (χ2n) is 10.7. The van der Waals surface area contributed by atoms with Gasteiger partial charge in [0.1, 0.15) is 17.5 Å². The quantitative estimate of drug-likeness (QED) is 0.422. The van der Waals surface area contributed by atoms with E-state index >= 15 is 0 Å². The minimum Gasteiger partial charge on any atom is -0.381 e. The first-order valence-corrected chi connectivity index (χ1v) is 14.7. The number of anilines is 1. The summed E-state index contributed by atoms with van der Waals surface area (Å²) in [5, 5.41) is 18.0. The minimum atomic E-state index is -3.60. The van der Waals surface area contributed by atoms with Crippen molar-refractivity contribution in [3.05, 3.63) is 66.4 Å². The Kier molecular flexibility index (Phi) is 6.17. The molecule has 3 fully saturated rings. The van der Waals surface area contributed by atoms with Crippen LogP contribution in [-0.2, 0) is 26.0 Å². The summed E-state index contributed by atoms with van der Waals surface area (Å²) in [6.07, 6.45) is 5.34. The van der Waals surface area contributed by atoms with Crippen LogP contribution in [0.4, 0.5) is 5.69 Å². The monoisotopic (exact) mass is 534 g/mol. The van der Waals surface area contributed by atoms with Crippen molar-refractivity contribution in [1.82, 2.24) is 25.6 Å². The molecule has 10 nitrogen and oxygen atoms in total. The molecule has 11 heteroatoms. The van der Waals surface area contributed by atoms with Crippen LogP contribution in [0.25, 0.3) is 11.3 Å². The van der Waals surface area contributed by atoms with Gasteiger partial charge in [0, 0.05) is 17.8 Å². The number of sulfone groups is 1. The number of rotatable bonds is 7. The van der Waals surface area contributed by atoms with Gasteiger partial charge in [-0.25, -0.2) is 13.1 Å². The van der Waals surface area contributed by atoms with Gasteiger partial charge in [-0.05, 0) is 49.3 Å². The Morgan fingerprint density at radius 3 is 2.79 bits per heavy atom. The average Bonchev–Trinajstić information content (AvgIpc) is 3.62. The second-order valence-corrected chi connectivity index (χ2v) is 12.8. The second kappa shape index (κ2) is 9.54. The van der Waals surface area contributed by atoms with Gasteiger partial charge in [-0.3, -0.25) is 9.59 Å².